The lowest BCUT2D eigenvalue weighted by Gasteiger charge is -2.46. The molecule has 3 aromatic rings. The molecule has 11 nitrogen and oxygen atoms in total. The fourth-order valence-electron chi connectivity index (χ4n) is 9.35. The molecule has 12 heteroatoms. The Hall–Kier alpha value is -3.71. The van der Waals surface area contributed by atoms with Crippen molar-refractivity contribution in [1.29, 1.82) is 0 Å². The number of nitrogens with zero attached hydrogens (tertiary/aromatic N) is 3. The standard InChI is InChI=1S/C46H66ClN5O6/c1-11-33-23-39(28(2)24-46(33,4)5)49-45(56)42-41(29(3)54)40(27-53)58-52(42)26-37-38(47)18-17-36(43(37)57-10)31-20-32(22-35(21-31)51(8)9)44(55)48-34(25-50(6)7)19-30-15-13-12-14-16-30/h12-18,20-22,28-29,33-34,39-42,53-54H,11,19,23-27H2,1-10H3,(H,48,55)(H,49,56)/t28-,29-,33+,34?,39?,40-,41+,42-/m0/s1. The summed E-state index contributed by atoms with van der Waals surface area (Å²) < 4.78 is 6.11. The number of hydroxylamine groups is 2. The summed E-state index contributed by atoms with van der Waals surface area (Å²) in [6.07, 6.45) is 1.80. The van der Waals surface area contributed by atoms with Crippen molar-refractivity contribution in [3.63, 3.8) is 0 Å². The Morgan fingerprint density at radius 2 is 1.79 bits per heavy atom. The first-order chi connectivity index (χ1) is 27.5. The van der Waals surface area contributed by atoms with E-state index in [0.717, 1.165) is 36.1 Å². The molecule has 1 saturated carbocycles. The van der Waals surface area contributed by atoms with Gasteiger partial charge in [-0.15, -0.1) is 0 Å². The number of carbonyl (C=O) groups excluding carboxylic acids is 2. The van der Waals surface area contributed by atoms with Gasteiger partial charge in [-0.1, -0.05) is 76.0 Å². The molecular weight excluding hydrogens is 754 g/mol. The highest BCUT2D eigenvalue weighted by Gasteiger charge is 2.51. The number of hydrogen-bond donors (Lipinski definition) is 4. The number of hydrogen-bond acceptors (Lipinski definition) is 9. The summed E-state index contributed by atoms with van der Waals surface area (Å²) in [7, 11) is 9.42. The van der Waals surface area contributed by atoms with E-state index in [2.05, 4.69) is 55.4 Å². The first-order valence-electron chi connectivity index (χ1n) is 20.7. The molecule has 318 valence electrons. The van der Waals surface area contributed by atoms with E-state index in [9.17, 15) is 19.8 Å². The number of anilines is 1. The summed E-state index contributed by atoms with van der Waals surface area (Å²) in [6.45, 7) is 11.0. The number of nitrogens with one attached hydrogen (secondary N) is 2. The molecule has 1 heterocycles. The van der Waals surface area contributed by atoms with Gasteiger partial charge in [-0.2, -0.15) is 5.06 Å². The van der Waals surface area contributed by atoms with Crippen LogP contribution < -0.4 is 20.3 Å². The SMILES string of the molecule is CC[C@@H]1CC(NC(=O)[C@@H]2[C@H]([C@H](C)O)[C@H](CO)ON2Cc2c(Cl)ccc(-c3cc(C(=O)NC(Cc4ccccc4)CN(C)C)cc(N(C)C)c3)c2OC)[C@@H](C)CC1(C)C. The van der Waals surface area contributed by atoms with Crippen LogP contribution in [0.2, 0.25) is 5.02 Å². The molecule has 0 aromatic heterocycles. The highest BCUT2D eigenvalue weighted by Crippen LogP contribution is 2.46. The predicted octanol–water partition coefficient (Wildman–Crippen LogP) is 6.43. The second kappa shape index (κ2) is 19.6. The van der Waals surface area contributed by atoms with Crippen LogP contribution in [0.25, 0.3) is 11.1 Å². The van der Waals surface area contributed by atoms with Crippen molar-refractivity contribution in [2.75, 3.05) is 53.4 Å². The molecule has 0 bridgehead atoms. The molecule has 0 radical (unpaired) electrons. The average molecular weight is 821 g/mol. The van der Waals surface area contributed by atoms with E-state index < -0.39 is 24.2 Å². The number of ether oxygens (including phenoxy) is 1. The number of likely N-dealkylation sites (N-methyl/N-ethyl adjacent to an activating group) is 1. The van der Waals surface area contributed by atoms with Gasteiger partial charge < -0.3 is 35.4 Å². The van der Waals surface area contributed by atoms with Gasteiger partial charge in [-0.25, -0.2) is 0 Å². The Kier molecular flexibility index (Phi) is 15.3. The van der Waals surface area contributed by atoms with Crippen LogP contribution in [0.15, 0.2) is 60.7 Å². The van der Waals surface area contributed by atoms with Gasteiger partial charge in [0.2, 0.25) is 5.91 Å². The third-order valence-electron chi connectivity index (χ3n) is 12.4. The van der Waals surface area contributed by atoms with Crippen molar-refractivity contribution in [2.24, 2.45) is 23.2 Å². The van der Waals surface area contributed by atoms with Gasteiger partial charge in [0.25, 0.3) is 5.91 Å². The first kappa shape index (κ1) is 45.4. The third-order valence-corrected chi connectivity index (χ3v) is 12.7. The van der Waals surface area contributed by atoms with E-state index in [4.69, 9.17) is 21.2 Å². The number of benzene rings is 3. The molecule has 2 unspecified atom stereocenters. The second-order valence-electron chi connectivity index (χ2n) is 17.7. The minimum Gasteiger partial charge on any atom is -0.496 e. The number of methoxy groups -OCH3 is 1. The summed E-state index contributed by atoms with van der Waals surface area (Å²) in [5, 5.41) is 30.0. The zero-order valence-corrected chi connectivity index (χ0v) is 36.8. The zero-order chi connectivity index (χ0) is 42.5. The second-order valence-corrected chi connectivity index (χ2v) is 18.1. The lowest BCUT2D eigenvalue weighted by molar-refractivity contribution is -0.182. The normalized spacial score (nSPS) is 24.3. The predicted molar refractivity (Wildman–Crippen MR) is 232 cm³/mol. The van der Waals surface area contributed by atoms with E-state index in [1.54, 1.807) is 25.2 Å². The zero-order valence-electron chi connectivity index (χ0n) is 36.1. The van der Waals surface area contributed by atoms with Crippen LogP contribution in [-0.2, 0) is 22.6 Å². The Bertz CT molecular complexity index is 1860. The van der Waals surface area contributed by atoms with Crippen molar-refractivity contribution >= 4 is 29.1 Å². The first-order valence-corrected chi connectivity index (χ1v) is 21.1. The topological polar surface area (TPSA) is 127 Å². The number of carbonyl (C=O) groups is 2. The average Bonchev–Trinajstić information content (AvgIpc) is 3.55. The van der Waals surface area contributed by atoms with Gasteiger partial charge >= 0.3 is 0 Å². The van der Waals surface area contributed by atoms with Crippen LogP contribution in [0, 0.1) is 23.2 Å². The molecule has 2 aliphatic rings. The molecule has 8 atom stereocenters. The number of aliphatic hydroxyl groups is 2. The summed E-state index contributed by atoms with van der Waals surface area (Å²) in [4.78, 5) is 38.8. The Morgan fingerprint density at radius 1 is 1.09 bits per heavy atom. The van der Waals surface area contributed by atoms with E-state index >= 15 is 0 Å². The van der Waals surface area contributed by atoms with Gasteiger partial charge in [-0.05, 0) is 99.0 Å². The lowest BCUT2D eigenvalue weighted by Crippen LogP contribution is -2.55. The Balaban J connectivity index is 1.48. The largest absolute Gasteiger partial charge is 0.496 e. The summed E-state index contributed by atoms with van der Waals surface area (Å²) in [6, 6.07) is 18.4. The van der Waals surface area contributed by atoms with Gasteiger partial charge in [0, 0.05) is 66.0 Å². The monoisotopic (exact) mass is 819 g/mol. The number of amides is 2. The molecule has 4 N–H and O–H groups in total. The summed E-state index contributed by atoms with van der Waals surface area (Å²) in [5.41, 5.74) is 4.63. The van der Waals surface area contributed by atoms with Gasteiger partial charge in [0.1, 0.15) is 17.9 Å². The Morgan fingerprint density at radius 3 is 2.40 bits per heavy atom. The molecule has 1 saturated heterocycles. The van der Waals surface area contributed by atoms with E-state index in [-0.39, 0.29) is 48.4 Å². The van der Waals surface area contributed by atoms with Crippen LogP contribution in [0.3, 0.4) is 0 Å². The molecule has 3 aromatic carbocycles. The number of rotatable bonds is 16. The van der Waals surface area contributed by atoms with Crippen LogP contribution in [0.4, 0.5) is 5.69 Å². The molecule has 5 rings (SSSR count). The highest BCUT2D eigenvalue weighted by atomic mass is 35.5. The van der Waals surface area contributed by atoms with E-state index in [1.165, 1.54) is 0 Å². The van der Waals surface area contributed by atoms with Crippen molar-refractivity contribution in [2.45, 2.75) is 97.2 Å². The molecule has 1 aliphatic carbocycles. The minimum absolute atomic E-state index is 0.0326. The van der Waals surface area contributed by atoms with Gasteiger partial charge in [0.15, 0.2) is 0 Å². The van der Waals surface area contributed by atoms with Crippen LogP contribution in [0.5, 0.6) is 5.75 Å². The van der Waals surface area contributed by atoms with Crippen LogP contribution in [0.1, 0.15) is 75.4 Å². The van der Waals surface area contributed by atoms with Crippen molar-refractivity contribution in [3.05, 3.63) is 82.4 Å². The van der Waals surface area contributed by atoms with Gasteiger partial charge in [-0.3, -0.25) is 14.4 Å². The maximum Gasteiger partial charge on any atom is 0.251 e. The fraction of sp³-hybridized carbons (Fsp3) is 0.565. The van der Waals surface area contributed by atoms with Crippen molar-refractivity contribution in [3.8, 4) is 16.9 Å². The highest BCUT2D eigenvalue weighted by molar-refractivity contribution is 6.31. The van der Waals surface area contributed by atoms with Crippen LogP contribution >= 0.6 is 11.6 Å². The van der Waals surface area contributed by atoms with E-state index in [0.29, 0.717) is 46.3 Å². The fourth-order valence-corrected chi connectivity index (χ4v) is 9.56. The lowest BCUT2D eigenvalue weighted by atomic mass is 9.63. The molecular formula is C46H66ClN5O6. The number of aliphatic hydroxyl groups excluding tert-OH is 2. The Labute approximate surface area is 351 Å². The molecule has 0 spiro atoms. The molecule has 2 amide bonds. The maximum absolute atomic E-state index is 14.4. The smallest absolute Gasteiger partial charge is 0.251 e. The molecule has 1 aliphatic heterocycles. The number of halogens is 1. The quantitative estimate of drug-likeness (QED) is 0.130. The minimum atomic E-state index is -0.948. The molecule has 2 fully saturated rings. The van der Waals surface area contributed by atoms with Crippen molar-refractivity contribution < 1.29 is 29.4 Å². The molecule has 58 heavy (non-hydrogen) atoms. The van der Waals surface area contributed by atoms with E-state index in [1.807, 2.05) is 75.6 Å². The third kappa shape index (κ3) is 10.5. The van der Waals surface area contributed by atoms with Crippen LogP contribution in [-0.4, -0.2) is 111 Å². The maximum atomic E-state index is 14.4. The summed E-state index contributed by atoms with van der Waals surface area (Å²) in [5.74, 6) is 0.0254. The summed E-state index contributed by atoms with van der Waals surface area (Å²) >= 11 is 6.97. The van der Waals surface area contributed by atoms with Crippen molar-refractivity contribution in [1.82, 2.24) is 20.6 Å². The van der Waals surface area contributed by atoms with Gasteiger partial charge in [0.05, 0.1) is 26.4 Å².